The van der Waals surface area contributed by atoms with Crippen molar-refractivity contribution in [1.29, 1.82) is 0 Å². The fourth-order valence-corrected chi connectivity index (χ4v) is 3.13. The van der Waals surface area contributed by atoms with Gasteiger partial charge in [-0.25, -0.2) is 0 Å². The van der Waals surface area contributed by atoms with Crippen molar-refractivity contribution in [3.05, 3.63) is 58.1 Å². The second-order valence-corrected chi connectivity index (χ2v) is 5.92. The van der Waals surface area contributed by atoms with Gasteiger partial charge in [-0.2, -0.15) is 0 Å². The second kappa shape index (κ2) is 6.55. The lowest BCUT2D eigenvalue weighted by molar-refractivity contribution is -0.116. The molecule has 0 radical (unpaired) electrons. The highest BCUT2D eigenvalue weighted by Crippen LogP contribution is 2.41. The Morgan fingerprint density at radius 1 is 0.923 bits per heavy atom. The Kier molecular flexibility index (Phi) is 4.42. The van der Waals surface area contributed by atoms with Gasteiger partial charge in [0.15, 0.2) is 17.3 Å². The van der Waals surface area contributed by atoms with Crippen LogP contribution in [0, 0.1) is 0 Å². The molecule has 6 nitrogen and oxygen atoms in total. The number of ketones is 4. The number of hydrogen-bond acceptors (Lipinski definition) is 6. The fourth-order valence-electron chi connectivity index (χ4n) is 3.13. The molecule has 0 bridgehead atoms. The molecular weight excluding hydrogens is 336 g/mol. The number of carbonyl (C=O) groups is 4. The molecule has 0 heterocycles. The summed E-state index contributed by atoms with van der Waals surface area (Å²) in [6, 6.07) is 7.79. The van der Waals surface area contributed by atoms with Gasteiger partial charge in [0.2, 0.25) is 0 Å². The fraction of sp³-hybridized carbons (Fsp3) is 0.200. The summed E-state index contributed by atoms with van der Waals surface area (Å²) in [5, 5.41) is 0. The largest absolute Gasteiger partial charge is 0.496 e. The number of rotatable bonds is 5. The van der Waals surface area contributed by atoms with Crippen LogP contribution in [0.5, 0.6) is 11.5 Å². The van der Waals surface area contributed by atoms with Crippen LogP contribution in [0.2, 0.25) is 0 Å². The van der Waals surface area contributed by atoms with Crippen molar-refractivity contribution in [2.75, 3.05) is 14.2 Å². The predicted octanol–water partition coefficient (Wildman–Crippen LogP) is 2.64. The minimum absolute atomic E-state index is 0.0116. The lowest BCUT2D eigenvalue weighted by Gasteiger charge is -2.23. The second-order valence-electron chi connectivity index (χ2n) is 5.92. The van der Waals surface area contributed by atoms with E-state index in [1.807, 2.05) is 0 Å². The van der Waals surface area contributed by atoms with Gasteiger partial charge in [0.1, 0.15) is 17.3 Å². The molecular formula is C20H16O6. The average Bonchev–Trinajstić information content (AvgIpc) is 2.63. The first kappa shape index (κ1) is 17.5. The Balaban J connectivity index is 2.33. The molecule has 0 N–H and O–H groups in total. The molecule has 0 fully saturated rings. The molecule has 0 aliphatic heterocycles. The van der Waals surface area contributed by atoms with E-state index in [2.05, 4.69) is 0 Å². The Bertz CT molecular complexity index is 971. The third kappa shape index (κ3) is 2.60. The number of methoxy groups -OCH3 is 2. The van der Waals surface area contributed by atoms with Crippen LogP contribution in [-0.4, -0.2) is 37.4 Å². The maximum absolute atomic E-state index is 13.0. The highest BCUT2D eigenvalue weighted by molar-refractivity contribution is 6.31. The zero-order valence-corrected chi connectivity index (χ0v) is 14.5. The molecule has 1 aliphatic carbocycles. The van der Waals surface area contributed by atoms with E-state index < -0.39 is 11.6 Å². The topological polar surface area (TPSA) is 86.7 Å². The van der Waals surface area contributed by atoms with Crippen molar-refractivity contribution in [2.24, 2.45) is 0 Å². The maximum atomic E-state index is 13.0. The van der Waals surface area contributed by atoms with Crippen LogP contribution >= 0.6 is 0 Å². The molecule has 3 rings (SSSR count). The maximum Gasteiger partial charge on any atom is 0.198 e. The van der Waals surface area contributed by atoms with Gasteiger partial charge < -0.3 is 9.47 Å². The molecule has 0 aromatic heterocycles. The summed E-state index contributed by atoms with van der Waals surface area (Å²) < 4.78 is 10.6. The van der Waals surface area contributed by atoms with Crippen molar-refractivity contribution in [3.8, 4) is 11.5 Å². The third-order valence-corrected chi connectivity index (χ3v) is 4.25. The van der Waals surface area contributed by atoms with E-state index in [9.17, 15) is 19.2 Å². The van der Waals surface area contributed by atoms with Crippen LogP contribution in [0.1, 0.15) is 55.5 Å². The van der Waals surface area contributed by atoms with E-state index in [0.29, 0.717) is 0 Å². The summed E-state index contributed by atoms with van der Waals surface area (Å²) in [6.07, 6.45) is -0.336. The smallest absolute Gasteiger partial charge is 0.198 e. The quantitative estimate of drug-likeness (QED) is 0.518. The zero-order chi connectivity index (χ0) is 19.0. The SMILES string of the molecule is COc1cc(C(=O)CC(C)=O)c(OC)c2c1C(=O)c1ccccc1C2=O. The van der Waals surface area contributed by atoms with Gasteiger partial charge in [0, 0.05) is 11.1 Å². The average molecular weight is 352 g/mol. The van der Waals surface area contributed by atoms with E-state index in [4.69, 9.17) is 9.47 Å². The first-order valence-electron chi connectivity index (χ1n) is 7.90. The Morgan fingerprint density at radius 2 is 1.50 bits per heavy atom. The van der Waals surface area contributed by atoms with Crippen LogP contribution in [0.15, 0.2) is 30.3 Å². The van der Waals surface area contributed by atoms with Gasteiger partial charge in [-0.1, -0.05) is 24.3 Å². The summed E-state index contributed by atoms with van der Waals surface area (Å²) >= 11 is 0. The lowest BCUT2D eigenvalue weighted by Crippen LogP contribution is -2.24. The monoisotopic (exact) mass is 352 g/mol. The van der Waals surface area contributed by atoms with Crippen molar-refractivity contribution >= 4 is 23.1 Å². The van der Waals surface area contributed by atoms with E-state index in [-0.39, 0.29) is 57.3 Å². The van der Waals surface area contributed by atoms with Crippen molar-refractivity contribution < 1.29 is 28.7 Å². The first-order chi connectivity index (χ1) is 12.4. The molecule has 1 aliphatic rings. The molecule has 0 saturated heterocycles. The van der Waals surface area contributed by atoms with Crippen LogP contribution in [0.3, 0.4) is 0 Å². The summed E-state index contributed by atoms with van der Waals surface area (Å²) in [5.41, 5.74) is 0.600. The van der Waals surface area contributed by atoms with E-state index in [1.165, 1.54) is 27.2 Å². The standard InChI is InChI=1S/C20H16O6/c1-10(21)8-14(22)13-9-15(25-2)16-17(20(13)26-3)19(24)12-7-5-4-6-11(12)18(16)23/h4-7,9H,8H2,1-3H3. The summed E-state index contributed by atoms with van der Waals surface area (Å²) in [5.74, 6) is -1.55. The highest BCUT2D eigenvalue weighted by atomic mass is 16.5. The molecule has 26 heavy (non-hydrogen) atoms. The van der Waals surface area contributed by atoms with E-state index in [0.717, 1.165) is 0 Å². The van der Waals surface area contributed by atoms with Crippen LogP contribution in [-0.2, 0) is 4.79 Å². The molecule has 0 unspecified atom stereocenters. The van der Waals surface area contributed by atoms with E-state index >= 15 is 0 Å². The molecule has 132 valence electrons. The minimum atomic E-state index is -0.505. The summed E-state index contributed by atoms with van der Waals surface area (Å²) in [7, 11) is 2.66. The van der Waals surface area contributed by atoms with Gasteiger partial charge in [-0.3, -0.25) is 19.2 Å². The normalized spacial score (nSPS) is 12.3. The summed E-state index contributed by atoms with van der Waals surface area (Å²) in [6.45, 7) is 1.30. The first-order valence-corrected chi connectivity index (χ1v) is 7.90. The van der Waals surface area contributed by atoms with Crippen molar-refractivity contribution in [1.82, 2.24) is 0 Å². The molecule has 0 atom stereocenters. The molecule has 0 saturated carbocycles. The summed E-state index contributed by atoms with van der Waals surface area (Å²) in [4.78, 5) is 49.8. The highest BCUT2D eigenvalue weighted by Gasteiger charge is 2.37. The number of Topliss-reactive ketones (excluding diaryl/α,β-unsaturated/α-hetero) is 2. The Hall–Kier alpha value is -3.28. The van der Waals surface area contributed by atoms with Gasteiger partial charge in [0.05, 0.1) is 37.3 Å². The number of fused-ring (bicyclic) bond motifs is 2. The number of ether oxygens (including phenoxy) is 2. The zero-order valence-electron chi connectivity index (χ0n) is 14.5. The molecule has 0 amide bonds. The van der Waals surface area contributed by atoms with Crippen LogP contribution in [0.4, 0.5) is 0 Å². The van der Waals surface area contributed by atoms with Gasteiger partial charge in [-0.05, 0) is 13.0 Å². The predicted molar refractivity (Wildman–Crippen MR) is 92.5 cm³/mol. The van der Waals surface area contributed by atoms with Crippen molar-refractivity contribution in [2.45, 2.75) is 13.3 Å². The molecule has 6 heteroatoms. The number of hydrogen-bond donors (Lipinski definition) is 0. The Labute approximate surface area is 149 Å². The minimum Gasteiger partial charge on any atom is -0.496 e. The van der Waals surface area contributed by atoms with E-state index in [1.54, 1.807) is 24.3 Å². The molecule has 2 aromatic carbocycles. The number of benzene rings is 2. The van der Waals surface area contributed by atoms with Crippen LogP contribution < -0.4 is 9.47 Å². The number of carbonyl (C=O) groups excluding carboxylic acids is 4. The van der Waals surface area contributed by atoms with Gasteiger partial charge in [-0.15, -0.1) is 0 Å². The Morgan fingerprint density at radius 3 is 2.00 bits per heavy atom. The lowest BCUT2D eigenvalue weighted by atomic mass is 9.81. The van der Waals surface area contributed by atoms with Gasteiger partial charge in [0.25, 0.3) is 0 Å². The van der Waals surface area contributed by atoms with Gasteiger partial charge >= 0.3 is 0 Å². The molecule has 2 aromatic rings. The van der Waals surface area contributed by atoms with Crippen LogP contribution in [0.25, 0.3) is 0 Å². The van der Waals surface area contributed by atoms with Crippen molar-refractivity contribution in [3.63, 3.8) is 0 Å². The molecule has 0 spiro atoms. The third-order valence-electron chi connectivity index (χ3n) is 4.25.